The number of halogens is 1. The van der Waals surface area contributed by atoms with Crippen molar-refractivity contribution in [1.29, 1.82) is 0 Å². The second-order valence-electron chi connectivity index (χ2n) is 4.97. The number of sulfonamides is 1. The summed E-state index contributed by atoms with van der Waals surface area (Å²) in [4.78, 5) is 3.79. The SMILES string of the molecule is CN(C(CO)Cc1ccccc1)S(=O)(=O)c1cnc(Cl)n1C. The first kappa shape index (κ1) is 17.0. The van der Waals surface area contributed by atoms with Crippen molar-refractivity contribution in [2.24, 2.45) is 7.05 Å². The molecule has 0 saturated heterocycles. The van der Waals surface area contributed by atoms with E-state index in [2.05, 4.69) is 4.98 Å². The van der Waals surface area contributed by atoms with Crippen LogP contribution in [0.4, 0.5) is 0 Å². The standard InChI is InChI=1S/C14H18ClN3O3S/c1-17-13(9-16-14(17)15)22(20,21)18(2)12(10-19)8-11-6-4-3-5-7-11/h3-7,9,12,19H,8,10H2,1-2H3. The average molecular weight is 344 g/mol. The Bertz CT molecular complexity index is 731. The maximum Gasteiger partial charge on any atom is 0.260 e. The van der Waals surface area contributed by atoms with Crippen LogP contribution in [0, 0.1) is 0 Å². The minimum atomic E-state index is -3.79. The Kier molecular flexibility index (Phi) is 5.23. The van der Waals surface area contributed by atoms with Gasteiger partial charge in [-0.2, -0.15) is 4.31 Å². The predicted molar refractivity (Wildman–Crippen MR) is 84.2 cm³/mol. The van der Waals surface area contributed by atoms with Crippen molar-refractivity contribution in [3.63, 3.8) is 0 Å². The van der Waals surface area contributed by atoms with Gasteiger partial charge in [0, 0.05) is 14.1 Å². The first-order chi connectivity index (χ1) is 10.4. The summed E-state index contributed by atoms with van der Waals surface area (Å²) in [5.74, 6) is 0. The van der Waals surface area contributed by atoms with Crippen LogP contribution in [0.1, 0.15) is 5.56 Å². The lowest BCUT2D eigenvalue weighted by Crippen LogP contribution is -2.41. The summed E-state index contributed by atoms with van der Waals surface area (Å²) >= 11 is 5.80. The number of benzene rings is 1. The molecule has 0 aliphatic carbocycles. The van der Waals surface area contributed by atoms with E-state index in [1.54, 1.807) is 0 Å². The highest BCUT2D eigenvalue weighted by Crippen LogP contribution is 2.20. The third kappa shape index (κ3) is 3.33. The van der Waals surface area contributed by atoms with E-state index in [9.17, 15) is 13.5 Å². The zero-order valence-electron chi connectivity index (χ0n) is 12.3. The Morgan fingerprint density at radius 1 is 1.36 bits per heavy atom. The molecule has 1 aromatic heterocycles. The number of nitrogens with zero attached hydrogens (tertiary/aromatic N) is 3. The number of hydrogen-bond acceptors (Lipinski definition) is 4. The summed E-state index contributed by atoms with van der Waals surface area (Å²) in [6, 6.07) is 8.85. The maximum atomic E-state index is 12.7. The molecule has 0 aliphatic heterocycles. The van der Waals surface area contributed by atoms with Gasteiger partial charge in [0.1, 0.15) is 0 Å². The minimum absolute atomic E-state index is 0.00786. The number of aliphatic hydroxyl groups excluding tert-OH is 1. The van der Waals surface area contributed by atoms with Gasteiger partial charge in [-0.15, -0.1) is 0 Å². The van der Waals surface area contributed by atoms with E-state index < -0.39 is 16.1 Å². The number of hydrogen-bond donors (Lipinski definition) is 1. The van der Waals surface area contributed by atoms with E-state index in [0.29, 0.717) is 6.42 Å². The van der Waals surface area contributed by atoms with Gasteiger partial charge in [0.15, 0.2) is 5.03 Å². The number of aromatic nitrogens is 2. The highest BCUT2D eigenvalue weighted by Gasteiger charge is 2.30. The topological polar surface area (TPSA) is 75.4 Å². The summed E-state index contributed by atoms with van der Waals surface area (Å²) in [6.07, 6.45) is 1.63. The van der Waals surface area contributed by atoms with Crippen molar-refractivity contribution >= 4 is 21.6 Å². The molecule has 0 radical (unpaired) electrons. The predicted octanol–water partition coefficient (Wildman–Crippen LogP) is 1.30. The van der Waals surface area contributed by atoms with Crippen molar-refractivity contribution in [3.05, 3.63) is 47.4 Å². The maximum absolute atomic E-state index is 12.7. The Balaban J connectivity index is 2.27. The Labute approximate surface area is 135 Å². The number of aliphatic hydroxyl groups is 1. The quantitative estimate of drug-likeness (QED) is 0.857. The molecule has 1 aromatic carbocycles. The molecule has 0 amide bonds. The fourth-order valence-corrected chi connectivity index (χ4v) is 3.79. The third-order valence-corrected chi connectivity index (χ3v) is 5.89. The second-order valence-corrected chi connectivity index (χ2v) is 7.25. The van der Waals surface area contributed by atoms with Crippen LogP contribution in [0.2, 0.25) is 5.28 Å². The largest absolute Gasteiger partial charge is 0.395 e. The zero-order chi connectivity index (χ0) is 16.3. The molecule has 0 aliphatic rings. The molecular weight excluding hydrogens is 326 g/mol. The smallest absolute Gasteiger partial charge is 0.260 e. The fourth-order valence-electron chi connectivity index (χ4n) is 2.15. The lowest BCUT2D eigenvalue weighted by atomic mass is 10.1. The summed E-state index contributed by atoms with van der Waals surface area (Å²) in [5.41, 5.74) is 0.951. The molecule has 1 unspecified atom stereocenters. The van der Waals surface area contributed by atoms with E-state index in [1.807, 2.05) is 30.3 Å². The van der Waals surface area contributed by atoms with Gasteiger partial charge in [0.05, 0.1) is 18.8 Å². The van der Waals surface area contributed by atoms with Crippen LogP contribution in [0.3, 0.4) is 0 Å². The first-order valence-corrected chi connectivity index (χ1v) is 8.49. The van der Waals surface area contributed by atoms with E-state index in [0.717, 1.165) is 9.87 Å². The highest BCUT2D eigenvalue weighted by molar-refractivity contribution is 7.89. The van der Waals surface area contributed by atoms with Gasteiger partial charge in [0.2, 0.25) is 5.28 Å². The molecular formula is C14H18ClN3O3S. The summed E-state index contributed by atoms with van der Waals surface area (Å²) < 4.78 is 27.8. The van der Waals surface area contributed by atoms with Gasteiger partial charge in [-0.1, -0.05) is 30.3 Å². The Hall–Kier alpha value is -1.41. The number of rotatable bonds is 6. The molecule has 1 atom stereocenters. The van der Waals surface area contributed by atoms with Crippen molar-refractivity contribution in [2.45, 2.75) is 17.5 Å². The molecule has 22 heavy (non-hydrogen) atoms. The van der Waals surface area contributed by atoms with Crippen LogP contribution in [-0.4, -0.2) is 47.1 Å². The van der Waals surface area contributed by atoms with Gasteiger partial charge in [-0.05, 0) is 23.6 Å². The molecule has 8 heteroatoms. The van der Waals surface area contributed by atoms with Crippen LogP contribution < -0.4 is 0 Å². The monoisotopic (exact) mass is 343 g/mol. The Morgan fingerprint density at radius 2 is 2.00 bits per heavy atom. The number of imidazole rings is 1. The molecule has 2 aromatic rings. The molecule has 6 nitrogen and oxygen atoms in total. The minimum Gasteiger partial charge on any atom is -0.395 e. The van der Waals surface area contributed by atoms with Gasteiger partial charge in [0.25, 0.3) is 10.0 Å². The van der Waals surface area contributed by atoms with Crippen molar-refractivity contribution in [1.82, 2.24) is 13.9 Å². The molecule has 120 valence electrons. The van der Waals surface area contributed by atoms with Crippen molar-refractivity contribution < 1.29 is 13.5 Å². The van der Waals surface area contributed by atoms with E-state index >= 15 is 0 Å². The zero-order valence-corrected chi connectivity index (χ0v) is 13.9. The van der Waals surface area contributed by atoms with Crippen LogP contribution in [0.5, 0.6) is 0 Å². The summed E-state index contributed by atoms with van der Waals surface area (Å²) in [7, 11) is -0.817. The summed E-state index contributed by atoms with van der Waals surface area (Å²) in [5, 5.41) is 9.67. The van der Waals surface area contributed by atoms with E-state index in [1.165, 1.54) is 24.9 Å². The number of likely N-dealkylation sites (N-methyl/N-ethyl adjacent to an activating group) is 1. The highest BCUT2D eigenvalue weighted by atomic mass is 35.5. The van der Waals surface area contributed by atoms with Gasteiger partial charge in [-0.25, -0.2) is 13.4 Å². The van der Waals surface area contributed by atoms with Gasteiger partial charge >= 0.3 is 0 Å². The molecule has 0 bridgehead atoms. The van der Waals surface area contributed by atoms with Gasteiger partial charge < -0.3 is 9.67 Å². The average Bonchev–Trinajstić information content (AvgIpc) is 2.85. The van der Waals surface area contributed by atoms with Crippen LogP contribution in [0.15, 0.2) is 41.6 Å². The molecule has 1 heterocycles. The van der Waals surface area contributed by atoms with Gasteiger partial charge in [-0.3, -0.25) is 0 Å². The Morgan fingerprint density at radius 3 is 2.50 bits per heavy atom. The second kappa shape index (κ2) is 6.78. The third-order valence-electron chi connectivity index (χ3n) is 3.57. The molecule has 0 spiro atoms. The molecule has 0 fully saturated rings. The van der Waals surface area contributed by atoms with Crippen molar-refractivity contribution in [3.8, 4) is 0 Å². The fraction of sp³-hybridized carbons (Fsp3) is 0.357. The molecule has 0 saturated carbocycles. The first-order valence-electron chi connectivity index (χ1n) is 6.68. The normalized spacial score (nSPS) is 13.5. The van der Waals surface area contributed by atoms with Crippen LogP contribution in [0.25, 0.3) is 0 Å². The van der Waals surface area contributed by atoms with E-state index in [-0.39, 0.29) is 16.9 Å². The summed E-state index contributed by atoms with van der Waals surface area (Å²) in [6.45, 7) is -0.282. The molecule has 1 N–H and O–H groups in total. The van der Waals surface area contributed by atoms with Crippen LogP contribution >= 0.6 is 11.6 Å². The lowest BCUT2D eigenvalue weighted by molar-refractivity contribution is 0.201. The lowest BCUT2D eigenvalue weighted by Gasteiger charge is -2.26. The van der Waals surface area contributed by atoms with E-state index in [4.69, 9.17) is 11.6 Å². The van der Waals surface area contributed by atoms with Crippen LogP contribution in [-0.2, 0) is 23.5 Å². The molecule has 2 rings (SSSR count). The van der Waals surface area contributed by atoms with Crippen molar-refractivity contribution in [2.75, 3.05) is 13.7 Å².